The van der Waals surface area contributed by atoms with E-state index in [0.29, 0.717) is 15.5 Å². The van der Waals surface area contributed by atoms with Crippen molar-refractivity contribution in [3.8, 4) is 0 Å². The smallest absolute Gasteiger partial charge is 0.204 e. The fraction of sp³-hybridized carbons (Fsp3) is 0. The molecule has 0 aromatic carbocycles. The molecule has 4 nitrogen and oxygen atoms in total. The van der Waals surface area contributed by atoms with Gasteiger partial charge in [-0.1, -0.05) is 16.1 Å². The first-order chi connectivity index (χ1) is 5.27. The number of rotatable bonds is 0. The van der Waals surface area contributed by atoms with Gasteiger partial charge in [0.15, 0.2) is 10.8 Å². The highest BCUT2D eigenvalue weighted by Crippen LogP contribution is 2.22. The van der Waals surface area contributed by atoms with Crippen LogP contribution in [0.2, 0.25) is 10.4 Å². The Morgan fingerprint density at radius 3 is 2.82 bits per heavy atom. The summed E-state index contributed by atoms with van der Waals surface area (Å²) in [5, 5.41) is 4.08. The molecular weight excluding hydrogens is 207 g/mol. The Kier molecular flexibility index (Phi) is 1.63. The second kappa shape index (κ2) is 2.51. The van der Waals surface area contributed by atoms with Crippen molar-refractivity contribution >= 4 is 45.1 Å². The van der Waals surface area contributed by atoms with Crippen molar-refractivity contribution in [3.05, 3.63) is 10.4 Å². The summed E-state index contributed by atoms with van der Waals surface area (Å²) in [6.45, 7) is 0. The maximum absolute atomic E-state index is 5.70. The third-order valence-electron chi connectivity index (χ3n) is 1.05. The predicted molar refractivity (Wildman–Crippen MR) is 43.0 cm³/mol. The Morgan fingerprint density at radius 1 is 1.18 bits per heavy atom. The van der Waals surface area contributed by atoms with E-state index >= 15 is 0 Å². The van der Waals surface area contributed by atoms with E-state index in [1.165, 1.54) is 0 Å². The number of halogens is 2. The molecule has 0 unspecified atom stereocenters. The largest absolute Gasteiger partial charge is 0.225 e. The van der Waals surface area contributed by atoms with Crippen LogP contribution in [0.5, 0.6) is 0 Å². The summed E-state index contributed by atoms with van der Waals surface area (Å²) in [6, 6.07) is 0. The Labute approximate surface area is 75.3 Å². The zero-order valence-corrected chi connectivity index (χ0v) is 7.28. The lowest BCUT2D eigenvalue weighted by Gasteiger charge is -1.89. The summed E-state index contributed by atoms with van der Waals surface area (Å²) in [4.78, 5) is 7.53. The first-order valence-corrected chi connectivity index (χ1v) is 4.11. The highest BCUT2D eigenvalue weighted by molar-refractivity contribution is 7.13. The number of hydrogen-bond acceptors (Lipinski definition) is 5. The number of nitrogens with zero attached hydrogens (tertiary/aromatic N) is 4. The summed E-state index contributed by atoms with van der Waals surface area (Å²) in [7, 11) is 0. The molecule has 0 aliphatic rings. The van der Waals surface area contributed by atoms with E-state index in [4.69, 9.17) is 23.2 Å². The van der Waals surface area contributed by atoms with Crippen LogP contribution < -0.4 is 0 Å². The molecule has 7 heteroatoms. The van der Waals surface area contributed by atoms with Crippen molar-refractivity contribution in [3.63, 3.8) is 0 Å². The van der Waals surface area contributed by atoms with Crippen molar-refractivity contribution in [1.82, 2.24) is 19.6 Å². The van der Waals surface area contributed by atoms with Crippen LogP contribution in [0, 0.1) is 0 Å². The molecule has 0 atom stereocenters. The van der Waals surface area contributed by atoms with Crippen LogP contribution in [0.3, 0.4) is 0 Å². The van der Waals surface area contributed by atoms with E-state index in [0.717, 1.165) is 11.5 Å². The molecule has 0 N–H and O–H groups in total. The zero-order chi connectivity index (χ0) is 7.84. The molecule has 0 radical (unpaired) electrons. The standard InChI is InChI=1S/C4Cl2N4S/c5-2-1-3(9-10-11-1)8-4(6)7-2. The zero-order valence-electron chi connectivity index (χ0n) is 4.95. The summed E-state index contributed by atoms with van der Waals surface area (Å²) in [5.74, 6) is 0. The van der Waals surface area contributed by atoms with E-state index in [-0.39, 0.29) is 5.28 Å². The second-order valence-corrected chi connectivity index (χ2v) is 3.16. The topological polar surface area (TPSA) is 51.6 Å². The maximum Gasteiger partial charge on any atom is 0.225 e. The average Bonchev–Trinajstić information content (AvgIpc) is 2.34. The quantitative estimate of drug-likeness (QED) is 0.488. The molecular formula is C4Cl2N4S. The molecule has 2 aromatic rings. The van der Waals surface area contributed by atoms with Crippen molar-refractivity contribution in [1.29, 1.82) is 0 Å². The molecule has 0 aliphatic heterocycles. The highest BCUT2D eigenvalue weighted by Gasteiger charge is 2.07. The summed E-state index contributed by atoms with van der Waals surface area (Å²) >= 11 is 12.4. The molecule has 0 bridgehead atoms. The van der Waals surface area contributed by atoms with E-state index in [2.05, 4.69) is 19.6 Å². The molecule has 2 heterocycles. The highest BCUT2D eigenvalue weighted by atomic mass is 35.5. The van der Waals surface area contributed by atoms with Gasteiger partial charge < -0.3 is 0 Å². The third-order valence-corrected chi connectivity index (χ3v) is 2.32. The minimum Gasteiger partial charge on any atom is -0.204 e. The molecule has 2 aromatic heterocycles. The van der Waals surface area contributed by atoms with Gasteiger partial charge in [-0.2, -0.15) is 4.98 Å². The van der Waals surface area contributed by atoms with Gasteiger partial charge in [0.05, 0.1) is 0 Å². The molecule has 11 heavy (non-hydrogen) atoms. The maximum atomic E-state index is 5.70. The van der Waals surface area contributed by atoms with Crippen LogP contribution >= 0.6 is 34.7 Å². The van der Waals surface area contributed by atoms with Gasteiger partial charge in [-0.3, -0.25) is 0 Å². The lowest BCUT2D eigenvalue weighted by atomic mass is 10.6. The number of aromatic nitrogens is 4. The van der Waals surface area contributed by atoms with Gasteiger partial charge in [0.2, 0.25) is 5.28 Å². The van der Waals surface area contributed by atoms with Gasteiger partial charge in [-0.25, -0.2) is 4.98 Å². The van der Waals surface area contributed by atoms with E-state index < -0.39 is 0 Å². The average molecular weight is 207 g/mol. The van der Waals surface area contributed by atoms with Crippen LogP contribution in [0.25, 0.3) is 10.3 Å². The molecule has 0 amide bonds. The van der Waals surface area contributed by atoms with Gasteiger partial charge >= 0.3 is 0 Å². The fourth-order valence-corrected chi connectivity index (χ4v) is 1.60. The van der Waals surface area contributed by atoms with Crippen LogP contribution in [0.1, 0.15) is 0 Å². The van der Waals surface area contributed by atoms with Gasteiger partial charge in [0.1, 0.15) is 4.70 Å². The van der Waals surface area contributed by atoms with Gasteiger partial charge in [-0.05, 0) is 23.1 Å². The van der Waals surface area contributed by atoms with Gasteiger partial charge in [0.25, 0.3) is 0 Å². The normalized spacial score (nSPS) is 10.7. The molecule has 56 valence electrons. The van der Waals surface area contributed by atoms with Gasteiger partial charge in [-0.15, -0.1) is 5.10 Å². The molecule has 2 rings (SSSR count). The van der Waals surface area contributed by atoms with Crippen molar-refractivity contribution in [2.45, 2.75) is 0 Å². The Hall–Kier alpha value is -0.520. The number of fused-ring (bicyclic) bond motifs is 1. The van der Waals surface area contributed by atoms with E-state index in [9.17, 15) is 0 Å². The van der Waals surface area contributed by atoms with Crippen LogP contribution in [0.4, 0.5) is 0 Å². The van der Waals surface area contributed by atoms with Crippen LogP contribution in [-0.4, -0.2) is 19.6 Å². The van der Waals surface area contributed by atoms with Crippen LogP contribution in [-0.2, 0) is 0 Å². The fourth-order valence-electron chi connectivity index (χ4n) is 0.633. The molecule has 0 spiro atoms. The predicted octanol–water partition coefficient (Wildman–Crippen LogP) is 1.79. The summed E-state index contributed by atoms with van der Waals surface area (Å²) < 4.78 is 4.31. The molecule has 0 saturated carbocycles. The summed E-state index contributed by atoms with van der Waals surface area (Å²) in [5.41, 5.74) is 0.444. The van der Waals surface area contributed by atoms with E-state index in [1.807, 2.05) is 0 Å². The second-order valence-electron chi connectivity index (χ2n) is 1.71. The third kappa shape index (κ3) is 1.15. The van der Waals surface area contributed by atoms with E-state index in [1.54, 1.807) is 0 Å². The van der Waals surface area contributed by atoms with Crippen molar-refractivity contribution < 1.29 is 0 Å². The molecule has 0 fully saturated rings. The SMILES string of the molecule is Clc1nc(Cl)c2snnc2n1. The lowest BCUT2D eigenvalue weighted by molar-refractivity contribution is 1.13. The number of hydrogen-bond donors (Lipinski definition) is 0. The summed E-state index contributed by atoms with van der Waals surface area (Å²) in [6.07, 6.45) is 0. The van der Waals surface area contributed by atoms with Crippen molar-refractivity contribution in [2.75, 3.05) is 0 Å². The minimum atomic E-state index is 0.0928. The minimum absolute atomic E-state index is 0.0928. The monoisotopic (exact) mass is 206 g/mol. The van der Waals surface area contributed by atoms with Crippen LogP contribution in [0.15, 0.2) is 0 Å². The first kappa shape index (κ1) is 7.15. The Balaban J connectivity index is 2.91. The first-order valence-electron chi connectivity index (χ1n) is 2.58. The Morgan fingerprint density at radius 2 is 2.00 bits per heavy atom. The molecule has 0 saturated heterocycles. The lowest BCUT2D eigenvalue weighted by Crippen LogP contribution is -1.83. The Bertz CT molecular complexity index is 400. The van der Waals surface area contributed by atoms with Gasteiger partial charge in [0, 0.05) is 0 Å². The van der Waals surface area contributed by atoms with Crippen molar-refractivity contribution in [2.24, 2.45) is 0 Å². The molecule has 0 aliphatic carbocycles.